The molecule has 0 aliphatic heterocycles. The van der Waals surface area contributed by atoms with E-state index < -0.39 is 0 Å². The van der Waals surface area contributed by atoms with Gasteiger partial charge in [-0.3, -0.25) is 0 Å². The van der Waals surface area contributed by atoms with Crippen molar-refractivity contribution < 1.29 is 4.74 Å². The number of thiophene rings is 1. The lowest BCUT2D eigenvalue weighted by molar-refractivity contribution is 0.416. The Morgan fingerprint density at radius 3 is 2.65 bits per heavy atom. The molecule has 1 N–H and O–H groups in total. The second-order valence-electron chi connectivity index (χ2n) is 4.07. The molecule has 0 saturated carbocycles. The summed E-state index contributed by atoms with van der Waals surface area (Å²) in [6.07, 6.45) is 0. The number of hydrogen-bond acceptors (Lipinski definition) is 3. The van der Waals surface area contributed by atoms with Crippen molar-refractivity contribution in [1.29, 1.82) is 0 Å². The van der Waals surface area contributed by atoms with Crippen molar-refractivity contribution in [2.75, 3.05) is 12.4 Å². The van der Waals surface area contributed by atoms with Gasteiger partial charge in [0.15, 0.2) is 0 Å². The lowest BCUT2D eigenvalue weighted by Gasteiger charge is -2.11. The Morgan fingerprint density at radius 1 is 1.18 bits per heavy atom. The van der Waals surface area contributed by atoms with Gasteiger partial charge in [-0.15, -0.1) is 11.3 Å². The summed E-state index contributed by atoms with van der Waals surface area (Å²) in [7, 11) is 1.70. The molecule has 0 saturated heterocycles. The summed E-state index contributed by atoms with van der Waals surface area (Å²) in [5.74, 6) is 0.892. The highest BCUT2D eigenvalue weighted by atomic mass is 32.1. The number of rotatable bonds is 4. The van der Waals surface area contributed by atoms with Crippen LogP contribution < -0.4 is 10.1 Å². The Hall–Kier alpha value is -1.48. The monoisotopic (exact) mass is 247 g/mol. The van der Waals surface area contributed by atoms with Gasteiger partial charge in [0.2, 0.25) is 0 Å². The average Bonchev–Trinajstić information content (AvgIpc) is 2.73. The number of anilines is 1. The minimum atomic E-state index is 0.846. The lowest BCUT2D eigenvalue weighted by atomic mass is 10.2. The third-order valence-electron chi connectivity index (χ3n) is 2.60. The molecule has 0 spiro atoms. The summed E-state index contributed by atoms with van der Waals surface area (Å²) < 4.78 is 5.33. The minimum absolute atomic E-state index is 0.846. The van der Waals surface area contributed by atoms with Gasteiger partial charge in [-0.1, -0.05) is 6.07 Å². The zero-order valence-corrected chi connectivity index (χ0v) is 11.2. The van der Waals surface area contributed by atoms with E-state index in [2.05, 4.69) is 43.4 Å². The van der Waals surface area contributed by atoms with Crippen LogP contribution in [0.3, 0.4) is 0 Å². The first-order valence-corrected chi connectivity index (χ1v) is 6.44. The van der Waals surface area contributed by atoms with Crippen LogP contribution in [-0.2, 0) is 6.54 Å². The first-order valence-electron chi connectivity index (χ1n) is 5.63. The summed E-state index contributed by atoms with van der Waals surface area (Å²) in [6, 6.07) is 10.5. The molecule has 17 heavy (non-hydrogen) atoms. The topological polar surface area (TPSA) is 21.3 Å². The predicted octanol–water partition coefficient (Wildman–Crippen LogP) is 3.99. The summed E-state index contributed by atoms with van der Waals surface area (Å²) in [5, 5.41) is 3.42. The molecule has 0 unspecified atom stereocenters. The van der Waals surface area contributed by atoms with Gasteiger partial charge in [-0.25, -0.2) is 0 Å². The molecule has 1 heterocycles. The highest BCUT2D eigenvalue weighted by Gasteiger charge is 2.03. The SMILES string of the molecule is COc1ccc(C)cc1NCc1ccc(C)s1. The van der Waals surface area contributed by atoms with Crippen LogP contribution in [0.1, 0.15) is 15.3 Å². The fourth-order valence-corrected chi connectivity index (χ4v) is 2.55. The zero-order valence-electron chi connectivity index (χ0n) is 10.4. The van der Waals surface area contributed by atoms with Crippen LogP contribution in [0.25, 0.3) is 0 Å². The number of aryl methyl sites for hydroxylation is 2. The quantitative estimate of drug-likeness (QED) is 0.882. The summed E-state index contributed by atoms with van der Waals surface area (Å²) in [4.78, 5) is 2.68. The fourth-order valence-electron chi connectivity index (χ4n) is 1.72. The van der Waals surface area contributed by atoms with Crippen LogP contribution in [-0.4, -0.2) is 7.11 Å². The molecular formula is C14H17NOS. The Labute approximate surface area is 106 Å². The van der Waals surface area contributed by atoms with Crippen LogP contribution in [0, 0.1) is 13.8 Å². The third kappa shape index (κ3) is 3.01. The summed E-state index contributed by atoms with van der Waals surface area (Å²) in [6.45, 7) is 5.06. The van der Waals surface area contributed by atoms with E-state index in [1.807, 2.05) is 17.4 Å². The van der Waals surface area contributed by atoms with Gasteiger partial charge in [0, 0.05) is 16.3 Å². The van der Waals surface area contributed by atoms with Crippen molar-refractivity contribution in [3.63, 3.8) is 0 Å². The smallest absolute Gasteiger partial charge is 0.141 e. The minimum Gasteiger partial charge on any atom is -0.495 e. The Morgan fingerprint density at radius 2 is 2.00 bits per heavy atom. The number of methoxy groups -OCH3 is 1. The van der Waals surface area contributed by atoms with E-state index in [-0.39, 0.29) is 0 Å². The van der Waals surface area contributed by atoms with Crippen LogP contribution >= 0.6 is 11.3 Å². The summed E-state index contributed by atoms with van der Waals surface area (Å²) >= 11 is 1.82. The molecule has 1 aromatic heterocycles. The second-order valence-corrected chi connectivity index (χ2v) is 5.44. The van der Waals surface area contributed by atoms with Crippen molar-refractivity contribution in [1.82, 2.24) is 0 Å². The van der Waals surface area contributed by atoms with E-state index in [1.165, 1.54) is 15.3 Å². The maximum Gasteiger partial charge on any atom is 0.141 e. The molecule has 0 atom stereocenters. The zero-order chi connectivity index (χ0) is 12.3. The van der Waals surface area contributed by atoms with Gasteiger partial charge in [0.1, 0.15) is 5.75 Å². The first kappa shape index (κ1) is 12.0. The van der Waals surface area contributed by atoms with Crippen LogP contribution in [0.15, 0.2) is 30.3 Å². The van der Waals surface area contributed by atoms with Crippen molar-refractivity contribution in [3.05, 3.63) is 45.6 Å². The van der Waals surface area contributed by atoms with Crippen LogP contribution in [0.5, 0.6) is 5.75 Å². The Bertz CT molecular complexity index is 505. The molecule has 2 aromatic rings. The molecule has 2 nitrogen and oxygen atoms in total. The lowest BCUT2D eigenvalue weighted by Crippen LogP contribution is -2.00. The van der Waals surface area contributed by atoms with Gasteiger partial charge in [-0.05, 0) is 43.7 Å². The molecule has 0 aliphatic carbocycles. The standard InChI is InChI=1S/C14H17NOS/c1-10-4-7-14(16-3)13(8-10)15-9-12-6-5-11(2)17-12/h4-8,15H,9H2,1-3H3. The number of ether oxygens (including phenoxy) is 1. The van der Waals surface area contributed by atoms with Gasteiger partial charge in [0.05, 0.1) is 12.8 Å². The molecule has 2 rings (SSSR count). The Balaban J connectivity index is 2.10. The van der Waals surface area contributed by atoms with E-state index in [1.54, 1.807) is 7.11 Å². The van der Waals surface area contributed by atoms with E-state index in [0.717, 1.165) is 18.0 Å². The number of hydrogen-bond donors (Lipinski definition) is 1. The van der Waals surface area contributed by atoms with Crippen molar-refractivity contribution >= 4 is 17.0 Å². The van der Waals surface area contributed by atoms with Crippen LogP contribution in [0.2, 0.25) is 0 Å². The number of benzene rings is 1. The fraction of sp³-hybridized carbons (Fsp3) is 0.286. The molecule has 0 aliphatic rings. The Kier molecular flexibility index (Phi) is 3.69. The highest BCUT2D eigenvalue weighted by molar-refractivity contribution is 7.11. The first-order chi connectivity index (χ1) is 8.19. The van der Waals surface area contributed by atoms with Crippen LogP contribution in [0.4, 0.5) is 5.69 Å². The second kappa shape index (κ2) is 5.23. The molecule has 3 heteroatoms. The predicted molar refractivity (Wildman–Crippen MR) is 74.1 cm³/mol. The maximum absolute atomic E-state index is 5.33. The molecular weight excluding hydrogens is 230 g/mol. The summed E-state index contributed by atoms with van der Waals surface area (Å²) in [5.41, 5.74) is 2.29. The van der Waals surface area contributed by atoms with Gasteiger partial charge in [-0.2, -0.15) is 0 Å². The molecule has 0 radical (unpaired) electrons. The van der Waals surface area contributed by atoms with E-state index in [4.69, 9.17) is 4.74 Å². The maximum atomic E-state index is 5.33. The largest absolute Gasteiger partial charge is 0.495 e. The van der Waals surface area contributed by atoms with E-state index >= 15 is 0 Å². The van der Waals surface area contributed by atoms with E-state index in [0.29, 0.717) is 0 Å². The number of nitrogens with one attached hydrogen (secondary N) is 1. The van der Waals surface area contributed by atoms with Crippen molar-refractivity contribution in [3.8, 4) is 5.75 Å². The molecule has 1 aromatic carbocycles. The molecule has 0 fully saturated rings. The van der Waals surface area contributed by atoms with Crippen molar-refractivity contribution in [2.24, 2.45) is 0 Å². The van der Waals surface area contributed by atoms with Gasteiger partial charge >= 0.3 is 0 Å². The normalized spacial score (nSPS) is 10.3. The van der Waals surface area contributed by atoms with E-state index in [9.17, 15) is 0 Å². The van der Waals surface area contributed by atoms with Gasteiger partial charge < -0.3 is 10.1 Å². The molecule has 90 valence electrons. The van der Waals surface area contributed by atoms with Gasteiger partial charge in [0.25, 0.3) is 0 Å². The average molecular weight is 247 g/mol. The third-order valence-corrected chi connectivity index (χ3v) is 3.60. The van der Waals surface area contributed by atoms with Crippen molar-refractivity contribution in [2.45, 2.75) is 20.4 Å². The highest BCUT2D eigenvalue weighted by Crippen LogP contribution is 2.26. The molecule has 0 bridgehead atoms. The molecule has 0 amide bonds.